The zero-order valence-corrected chi connectivity index (χ0v) is 9.92. The van der Waals surface area contributed by atoms with Crippen LogP contribution in [0.1, 0.15) is 11.4 Å². The number of nitro groups is 1. The van der Waals surface area contributed by atoms with Crippen LogP contribution in [0.4, 0.5) is 5.69 Å². The van der Waals surface area contributed by atoms with Crippen molar-refractivity contribution in [2.24, 2.45) is 0 Å². The molecule has 1 aromatic carbocycles. The smallest absolute Gasteiger partial charge is 0.275 e. The molecule has 0 aliphatic heterocycles. The van der Waals surface area contributed by atoms with E-state index in [0.29, 0.717) is 23.0 Å². The molecule has 2 rings (SSSR count). The minimum atomic E-state index is -0.461. The lowest BCUT2D eigenvalue weighted by molar-refractivity contribution is -0.385. The Balaban J connectivity index is 2.06. The summed E-state index contributed by atoms with van der Waals surface area (Å²) in [5.41, 5.74) is 0.427. The molecule has 1 N–H and O–H groups in total. The Morgan fingerprint density at radius 2 is 2.28 bits per heavy atom. The molecule has 0 aliphatic rings. The van der Waals surface area contributed by atoms with E-state index in [4.69, 9.17) is 11.6 Å². The number of benzene rings is 1. The summed E-state index contributed by atoms with van der Waals surface area (Å²) >= 11 is 5.94. The molecule has 1 heterocycles. The first-order chi connectivity index (χ1) is 8.68. The summed E-state index contributed by atoms with van der Waals surface area (Å²) in [5.74, 6) is 0.477. The minimum absolute atomic E-state index is 0.0110. The van der Waals surface area contributed by atoms with Crippen LogP contribution in [0.15, 0.2) is 29.1 Å². The topological polar surface area (TPSA) is 94.1 Å². The Labute approximate surface area is 107 Å². The molecule has 7 nitrogen and oxygen atoms in total. The minimum Gasteiger partial charge on any atom is -0.343 e. The third-order valence-electron chi connectivity index (χ3n) is 2.28. The first-order valence-corrected chi connectivity index (χ1v) is 5.44. The quantitative estimate of drug-likeness (QED) is 0.658. The van der Waals surface area contributed by atoms with Crippen molar-refractivity contribution in [3.05, 3.63) is 51.1 Å². The first kappa shape index (κ1) is 12.5. The van der Waals surface area contributed by atoms with E-state index in [9.17, 15) is 10.1 Å². The Morgan fingerprint density at radius 1 is 1.44 bits per heavy atom. The van der Waals surface area contributed by atoms with Crippen molar-refractivity contribution in [3.8, 4) is 0 Å². The number of halogens is 1. The third-order valence-corrected chi connectivity index (χ3v) is 2.64. The van der Waals surface area contributed by atoms with Gasteiger partial charge in [-0.1, -0.05) is 22.8 Å². The summed E-state index contributed by atoms with van der Waals surface area (Å²) in [6.45, 7) is 0.601. The van der Waals surface area contributed by atoms with Crippen LogP contribution < -0.4 is 5.32 Å². The monoisotopic (exact) mass is 268 g/mol. The van der Waals surface area contributed by atoms with Crippen LogP contribution >= 0.6 is 11.6 Å². The molecule has 0 aliphatic carbocycles. The van der Waals surface area contributed by atoms with Crippen LogP contribution in [-0.2, 0) is 13.1 Å². The van der Waals surface area contributed by atoms with E-state index in [0.717, 1.165) is 0 Å². The van der Waals surface area contributed by atoms with Crippen molar-refractivity contribution in [2.75, 3.05) is 0 Å². The molecule has 0 saturated carbocycles. The summed E-state index contributed by atoms with van der Waals surface area (Å²) in [5, 5.41) is 17.8. The fourth-order valence-corrected chi connectivity index (χ4v) is 1.70. The van der Waals surface area contributed by atoms with Gasteiger partial charge >= 0.3 is 0 Å². The zero-order valence-electron chi connectivity index (χ0n) is 9.17. The van der Waals surface area contributed by atoms with Crippen LogP contribution in [-0.4, -0.2) is 15.1 Å². The van der Waals surface area contributed by atoms with Gasteiger partial charge in [0.05, 0.1) is 22.1 Å². The SMILES string of the molecule is O=[N+]([O-])c1cccc(Cl)c1CNCc1ncon1. The van der Waals surface area contributed by atoms with Gasteiger partial charge in [0.15, 0.2) is 5.82 Å². The number of nitrogens with zero attached hydrogens (tertiary/aromatic N) is 3. The normalized spacial score (nSPS) is 10.5. The van der Waals surface area contributed by atoms with Crippen molar-refractivity contribution in [1.82, 2.24) is 15.5 Å². The summed E-state index contributed by atoms with van der Waals surface area (Å²) in [7, 11) is 0. The lowest BCUT2D eigenvalue weighted by Crippen LogP contribution is -2.15. The molecular formula is C10H9ClN4O3. The van der Waals surface area contributed by atoms with Crippen molar-refractivity contribution in [1.29, 1.82) is 0 Å². The summed E-state index contributed by atoms with van der Waals surface area (Å²) in [6.07, 6.45) is 1.22. The molecule has 0 radical (unpaired) electrons. The maximum Gasteiger partial charge on any atom is 0.275 e. The van der Waals surface area contributed by atoms with Crippen LogP contribution in [0, 0.1) is 10.1 Å². The zero-order chi connectivity index (χ0) is 13.0. The largest absolute Gasteiger partial charge is 0.343 e. The summed E-state index contributed by atoms with van der Waals surface area (Å²) in [6, 6.07) is 4.57. The molecule has 2 aromatic rings. The average Bonchev–Trinajstić information content (AvgIpc) is 2.84. The van der Waals surface area contributed by atoms with Crippen LogP contribution in [0.2, 0.25) is 5.02 Å². The van der Waals surface area contributed by atoms with E-state index in [2.05, 4.69) is 20.0 Å². The van der Waals surface area contributed by atoms with Crippen LogP contribution in [0.5, 0.6) is 0 Å². The van der Waals surface area contributed by atoms with E-state index < -0.39 is 4.92 Å². The van der Waals surface area contributed by atoms with Gasteiger partial charge in [-0.2, -0.15) is 4.98 Å². The number of rotatable bonds is 5. The van der Waals surface area contributed by atoms with Gasteiger partial charge in [-0.25, -0.2) is 0 Å². The fraction of sp³-hybridized carbons (Fsp3) is 0.200. The van der Waals surface area contributed by atoms with Crippen molar-refractivity contribution >= 4 is 17.3 Å². The fourth-order valence-electron chi connectivity index (χ4n) is 1.46. The third kappa shape index (κ3) is 2.82. The molecule has 1 aromatic heterocycles. The molecular weight excluding hydrogens is 260 g/mol. The second-order valence-electron chi connectivity index (χ2n) is 3.45. The van der Waals surface area contributed by atoms with Crippen molar-refractivity contribution in [2.45, 2.75) is 13.1 Å². The van der Waals surface area contributed by atoms with Crippen LogP contribution in [0.25, 0.3) is 0 Å². The van der Waals surface area contributed by atoms with E-state index >= 15 is 0 Å². The molecule has 0 saturated heterocycles. The Morgan fingerprint density at radius 3 is 2.94 bits per heavy atom. The number of aromatic nitrogens is 2. The standard InChI is InChI=1S/C10H9ClN4O3/c11-8-2-1-3-9(15(16)17)7(8)4-12-5-10-13-6-18-14-10/h1-3,6,12H,4-5H2. The molecule has 0 spiro atoms. The Bertz CT molecular complexity index is 544. The Hall–Kier alpha value is -1.99. The highest BCUT2D eigenvalue weighted by Crippen LogP contribution is 2.25. The van der Waals surface area contributed by atoms with Gasteiger partial charge in [-0.05, 0) is 6.07 Å². The molecule has 0 bridgehead atoms. The predicted octanol–water partition coefficient (Wildman–Crippen LogP) is 1.92. The highest BCUT2D eigenvalue weighted by atomic mass is 35.5. The van der Waals surface area contributed by atoms with E-state index in [1.165, 1.54) is 12.5 Å². The molecule has 18 heavy (non-hydrogen) atoms. The molecule has 0 fully saturated rings. The molecule has 0 unspecified atom stereocenters. The maximum atomic E-state index is 10.8. The van der Waals surface area contributed by atoms with Crippen molar-refractivity contribution in [3.63, 3.8) is 0 Å². The van der Waals surface area contributed by atoms with Gasteiger partial charge in [-0.3, -0.25) is 10.1 Å². The average molecular weight is 269 g/mol. The number of hydrogen-bond donors (Lipinski definition) is 1. The number of nitrogens with one attached hydrogen (secondary N) is 1. The second kappa shape index (κ2) is 5.56. The maximum absolute atomic E-state index is 10.8. The lowest BCUT2D eigenvalue weighted by atomic mass is 10.2. The molecule has 0 amide bonds. The van der Waals surface area contributed by atoms with Gasteiger partial charge in [0.25, 0.3) is 5.69 Å². The second-order valence-corrected chi connectivity index (χ2v) is 3.85. The van der Waals surface area contributed by atoms with Crippen molar-refractivity contribution < 1.29 is 9.45 Å². The number of hydrogen-bond acceptors (Lipinski definition) is 6. The highest BCUT2D eigenvalue weighted by molar-refractivity contribution is 6.31. The predicted molar refractivity (Wildman–Crippen MR) is 62.9 cm³/mol. The van der Waals surface area contributed by atoms with Gasteiger partial charge in [0.2, 0.25) is 6.39 Å². The summed E-state index contributed by atoms with van der Waals surface area (Å²) in [4.78, 5) is 14.2. The molecule has 94 valence electrons. The lowest BCUT2D eigenvalue weighted by Gasteiger charge is -2.05. The van der Waals surface area contributed by atoms with Gasteiger partial charge in [0, 0.05) is 12.6 Å². The van der Waals surface area contributed by atoms with Gasteiger partial charge < -0.3 is 9.84 Å². The molecule has 0 atom stereocenters. The van der Waals surface area contributed by atoms with E-state index in [1.54, 1.807) is 12.1 Å². The number of nitro benzene ring substituents is 1. The van der Waals surface area contributed by atoms with Gasteiger partial charge in [-0.15, -0.1) is 0 Å². The van der Waals surface area contributed by atoms with Crippen LogP contribution in [0.3, 0.4) is 0 Å². The first-order valence-electron chi connectivity index (χ1n) is 5.06. The highest BCUT2D eigenvalue weighted by Gasteiger charge is 2.16. The van der Waals surface area contributed by atoms with E-state index in [1.807, 2.05) is 0 Å². The van der Waals surface area contributed by atoms with Gasteiger partial charge in [0.1, 0.15) is 0 Å². The van der Waals surface area contributed by atoms with E-state index in [-0.39, 0.29) is 12.2 Å². The summed E-state index contributed by atoms with van der Waals surface area (Å²) < 4.78 is 4.57. The Kier molecular flexibility index (Phi) is 3.85. The molecule has 8 heteroatoms.